The number of para-hydroxylation sites is 1. The second-order valence-corrected chi connectivity index (χ2v) is 6.11. The molecular formula is C17H14BrN3O2. The largest absolute Gasteiger partial charge is 0.324 e. The predicted molar refractivity (Wildman–Crippen MR) is 93.5 cm³/mol. The summed E-state index contributed by atoms with van der Waals surface area (Å²) in [6.07, 6.45) is 1.24. The number of benzene rings is 2. The van der Waals surface area contributed by atoms with Crippen LogP contribution in [0.5, 0.6) is 0 Å². The van der Waals surface area contributed by atoms with E-state index in [1.54, 1.807) is 18.2 Å². The van der Waals surface area contributed by atoms with Crippen LogP contribution in [0.4, 0.5) is 5.69 Å². The summed E-state index contributed by atoms with van der Waals surface area (Å²) >= 11 is 3.39. The third-order valence-electron chi connectivity index (χ3n) is 3.52. The van der Waals surface area contributed by atoms with Crippen molar-refractivity contribution < 1.29 is 4.79 Å². The van der Waals surface area contributed by atoms with Gasteiger partial charge in [0.15, 0.2) is 0 Å². The first-order valence-electron chi connectivity index (χ1n) is 7.05. The molecule has 0 bridgehead atoms. The van der Waals surface area contributed by atoms with Gasteiger partial charge in [-0.15, -0.1) is 0 Å². The molecule has 0 saturated heterocycles. The Morgan fingerprint density at radius 1 is 1.26 bits per heavy atom. The van der Waals surface area contributed by atoms with Crippen LogP contribution in [-0.4, -0.2) is 15.7 Å². The SMILES string of the molecule is Cc1cc(Br)ccc1NC(=O)Cn1ncc(=O)c2ccccc21. The first-order chi connectivity index (χ1) is 11.0. The third-order valence-corrected chi connectivity index (χ3v) is 4.01. The Balaban J connectivity index is 1.86. The quantitative estimate of drug-likeness (QED) is 0.769. The first kappa shape index (κ1) is 15.4. The molecule has 0 radical (unpaired) electrons. The summed E-state index contributed by atoms with van der Waals surface area (Å²) in [4.78, 5) is 24.1. The van der Waals surface area contributed by atoms with Gasteiger partial charge < -0.3 is 5.32 Å². The van der Waals surface area contributed by atoms with Crippen LogP contribution in [0.3, 0.4) is 0 Å². The summed E-state index contributed by atoms with van der Waals surface area (Å²) in [6.45, 7) is 1.96. The van der Waals surface area contributed by atoms with Gasteiger partial charge in [0.05, 0.1) is 11.7 Å². The van der Waals surface area contributed by atoms with Crippen LogP contribution < -0.4 is 10.7 Å². The van der Waals surface area contributed by atoms with Gasteiger partial charge in [-0.3, -0.25) is 14.3 Å². The lowest BCUT2D eigenvalue weighted by Gasteiger charge is -2.11. The van der Waals surface area contributed by atoms with Crippen molar-refractivity contribution in [3.63, 3.8) is 0 Å². The van der Waals surface area contributed by atoms with Crippen LogP contribution in [0.2, 0.25) is 0 Å². The molecule has 1 aromatic heterocycles. The van der Waals surface area contributed by atoms with Crippen LogP contribution >= 0.6 is 15.9 Å². The average molecular weight is 372 g/mol. The van der Waals surface area contributed by atoms with Gasteiger partial charge >= 0.3 is 0 Å². The normalized spacial score (nSPS) is 10.7. The number of halogens is 1. The van der Waals surface area contributed by atoms with Gasteiger partial charge in [-0.1, -0.05) is 28.1 Å². The zero-order valence-corrected chi connectivity index (χ0v) is 14.0. The fourth-order valence-corrected chi connectivity index (χ4v) is 2.86. The Labute approximate surface area is 141 Å². The lowest BCUT2D eigenvalue weighted by molar-refractivity contribution is -0.116. The van der Waals surface area contributed by atoms with Crippen LogP contribution in [0.15, 0.2) is 57.9 Å². The number of aryl methyl sites for hydroxylation is 1. The number of hydrogen-bond acceptors (Lipinski definition) is 3. The van der Waals surface area contributed by atoms with Crippen molar-refractivity contribution in [1.29, 1.82) is 0 Å². The second-order valence-electron chi connectivity index (χ2n) is 5.19. The number of amides is 1. The van der Waals surface area contributed by atoms with Crippen molar-refractivity contribution in [2.24, 2.45) is 0 Å². The highest BCUT2D eigenvalue weighted by Gasteiger charge is 2.09. The zero-order valence-electron chi connectivity index (χ0n) is 12.4. The monoisotopic (exact) mass is 371 g/mol. The zero-order chi connectivity index (χ0) is 16.4. The number of hydrogen-bond donors (Lipinski definition) is 1. The summed E-state index contributed by atoms with van der Waals surface area (Å²) in [7, 11) is 0. The molecule has 116 valence electrons. The van der Waals surface area contributed by atoms with Gasteiger partial charge in [0, 0.05) is 15.5 Å². The lowest BCUT2D eigenvalue weighted by atomic mass is 10.2. The van der Waals surface area contributed by atoms with Gasteiger partial charge in [0.25, 0.3) is 0 Å². The molecule has 1 heterocycles. The molecule has 5 nitrogen and oxygen atoms in total. The Morgan fingerprint density at radius 3 is 2.83 bits per heavy atom. The van der Waals surface area contributed by atoms with E-state index in [1.807, 2.05) is 31.2 Å². The Hall–Kier alpha value is -2.47. The van der Waals surface area contributed by atoms with E-state index in [-0.39, 0.29) is 17.9 Å². The van der Waals surface area contributed by atoms with E-state index in [2.05, 4.69) is 26.3 Å². The molecule has 0 spiro atoms. The topological polar surface area (TPSA) is 64.0 Å². The molecule has 3 rings (SSSR count). The van der Waals surface area contributed by atoms with E-state index >= 15 is 0 Å². The highest BCUT2D eigenvalue weighted by atomic mass is 79.9. The standard InChI is InChI=1S/C17H14BrN3O2/c1-11-8-12(18)6-7-14(11)20-17(23)10-21-15-5-3-2-4-13(15)16(22)9-19-21/h2-9H,10H2,1H3,(H,20,23). The Kier molecular flexibility index (Phi) is 4.25. The third kappa shape index (κ3) is 3.32. The van der Waals surface area contributed by atoms with Gasteiger partial charge in [-0.05, 0) is 42.8 Å². The van der Waals surface area contributed by atoms with E-state index < -0.39 is 0 Å². The Bertz CT molecular complexity index is 950. The number of nitrogens with one attached hydrogen (secondary N) is 1. The molecular weight excluding hydrogens is 358 g/mol. The summed E-state index contributed by atoms with van der Waals surface area (Å²) in [6, 6.07) is 12.8. The van der Waals surface area contributed by atoms with Crippen LogP contribution in [0, 0.1) is 6.92 Å². The second kappa shape index (κ2) is 6.34. The molecule has 1 N–H and O–H groups in total. The van der Waals surface area contributed by atoms with Crippen molar-refractivity contribution >= 4 is 38.4 Å². The molecule has 3 aromatic rings. The minimum atomic E-state index is -0.197. The molecule has 0 aliphatic carbocycles. The van der Waals surface area contributed by atoms with Crippen molar-refractivity contribution in [2.45, 2.75) is 13.5 Å². The number of fused-ring (bicyclic) bond motifs is 1. The maximum absolute atomic E-state index is 12.3. The minimum absolute atomic E-state index is 0.0380. The van der Waals surface area contributed by atoms with Crippen molar-refractivity contribution in [1.82, 2.24) is 9.78 Å². The van der Waals surface area contributed by atoms with E-state index in [1.165, 1.54) is 10.9 Å². The van der Waals surface area contributed by atoms with Gasteiger partial charge in [0.1, 0.15) is 6.54 Å². The molecule has 0 saturated carbocycles. The molecule has 23 heavy (non-hydrogen) atoms. The molecule has 0 fully saturated rings. The van der Waals surface area contributed by atoms with Crippen molar-refractivity contribution in [2.75, 3.05) is 5.32 Å². The van der Waals surface area contributed by atoms with Gasteiger partial charge in [0.2, 0.25) is 11.3 Å². The first-order valence-corrected chi connectivity index (χ1v) is 7.85. The number of carbonyl (C=O) groups is 1. The molecule has 0 unspecified atom stereocenters. The average Bonchev–Trinajstić information content (AvgIpc) is 2.53. The van der Waals surface area contributed by atoms with E-state index in [0.29, 0.717) is 10.9 Å². The van der Waals surface area contributed by atoms with E-state index in [9.17, 15) is 9.59 Å². The Morgan fingerprint density at radius 2 is 2.04 bits per heavy atom. The number of rotatable bonds is 3. The van der Waals surface area contributed by atoms with E-state index in [0.717, 1.165) is 15.7 Å². The fourth-order valence-electron chi connectivity index (χ4n) is 2.38. The minimum Gasteiger partial charge on any atom is -0.324 e. The molecule has 6 heteroatoms. The highest BCUT2D eigenvalue weighted by molar-refractivity contribution is 9.10. The molecule has 2 aromatic carbocycles. The fraction of sp³-hybridized carbons (Fsp3) is 0.118. The predicted octanol–water partition coefficient (Wildman–Crippen LogP) is 3.11. The number of anilines is 1. The summed E-state index contributed by atoms with van der Waals surface area (Å²) in [5.41, 5.74) is 2.21. The summed E-state index contributed by atoms with van der Waals surface area (Å²) in [5, 5.41) is 7.48. The van der Waals surface area contributed by atoms with Gasteiger partial charge in [-0.25, -0.2) is 0 Å². The highest BCUT2D eigenvalue weighted by Crippen LogP contribution is 2.20. The lowest BCUT2D eigenvalue weighted by Crippen LogP contribution is -2.22. The molecule has 0 aliphatic heterocycles. The molecule has 0 aliphatic rings. The number of aromatic nitrogens is 2. The number of nitrogens with zero attached hydrogens (tertiary/aromatic N) is 2. The number of carbonyl (C=O) groups excluding carboxylic acids is 1. The van der Waals surface area contributed by atoms with Crippen LogP contribution in [0.25, 0.3) is 10.9 Å². The van der Waals surface area contributed by atoms with Crippen molar-refractivity contribution in [3.8, 4) is 0 Å². The summed E-state index contributed by atoms with van der Waals surface area (Å²) < 4.78 is 2.49. The smallest absolute Gasteiger partial charge is 0.246 e. The summed E-state index contributed by atoms with van der Waals surface area (Å²) in [5.74, 6) is -0.197. The van der Waals surface area contributed by atoms with E-state index in [4.69, 9.17) is 0 Å². The van der Waals surface area contributed by atoms with Crippen molar-refractivity contribution in [3.05, 3.63) is 68.9 Å². The molecule has 1 amide bonds. The molecule has 0 atom stereocenters. The maximum atomic E-state index is 12.3. The van der Waals surface area contributed by atoms with Crippen LogP contribution in [0.1, 0.15) is 5.56 Å². The van der Waals surface area contributed by atoms with Gasteiger partial charge in [-0.2, -0.15) is 5.10 Å². The maximum Gasteiger partial charge on any atom is 0.246 e. The van der Waals surface area contributed by atoms with Crippen LogP contribution in [-0.2, 0) is 11.3 Å².